The number of hydrogen-bond donors (Lipinski definition) is 2. The number of carboxylic acids is 1. The summed E-state index contributed by atoms with van der Waals surface area (Å²) in [6, 6.07) is 9.03. The topological polar surface area (TPSA) is 75.6 Å². The highest BCUT2D eigenvalue weighted by Crippen LogP contribution is 2.33. The molecule has 5 heteroatoms. The molecule has 1 atom stereocenters. The Bertz CT molecular complexity index is 468. The summed E-state index contributed by atoms with van der Waals surface area (Å²) in [5.74, 6) is -1.38. The van der Waals surface area contributed by atoms with E-state index in [0.717, 1.165) is 6.42 Å². The minimum Gasteiger partial charge on any atom is -0.480 e. The number of carbonyl (C=O) groups is 2. The van der Waals surface area contributed by atoms with Crippen molar-refractivity contribution in [3.8, 4) is 0 Å². The summed E-state index contributed by atoms with van der Waals surface area (Å²) in [5.41, 5.74) is -0.398. The van der Waals surface area contributed by atoms with Crippen LogP contribution in [-0.2, 0) is 14.3 Å². The molecule has 2 N–H and O–H groups in total. The molecule has 1 saturated carbocycles. The Morgan fingerprint density at radius 1 is 1.32 bits per heavy atom. The molecule has 0 aliphatic heterocycles. The van der Waals surface area contributed by atoms with E-state index >= 15 is 0 Å². The summed E-state index contributed by atoms with van der Waals surface area (Å²) in [5, 5.41) is 11.8. The SMILES string of the molecule is CO[C@H](C(=O)NC1(C(=O)O)CCC1)c1ccccc1. The standard InChI is InChI=1S/C14H17NO4/c1-19-11(10-6-3-2-4-7-10)12(16)15-14(13(17)18)8-5-9-14/h2-4,6-7,11H,5,8-9H2,1H3,(H,15,16)(H,17,18)/t11-/m0/s1. The molecule has 0 radical (unpaired) electrons. The van der Waals surface area contributed by atoms with Crippen LogP contribution in [0.15, 0.2) is 30.3 Å². The number of rotatable bonds is 5. The second-order valence-corrected chi connectivity index (χ2v) is 4.76. The fourth-order valence-corrected chi connectivity index (χ4v) is 2.25. The molecule has 1 aliphatic carbocycles. The van der Waals surface area contributed by atoms with Crippen molar-refractivity contribution in [2.75, 3.05) is 7.11 Å². The Balaban J connectivity index is 2.12. The lowest BCUT2D eigenvalue weighted by molar-refractivity contribution is -0.154. The molecule has 1 aromatic rings. The summed E-state index contributed by atoms with van der Waals surface area (Å²) in [7, 11) is 1.44. The number of nitrogens with one attached hydrogen (secondary N) is 1. The van der Waals surface area contributed by atoms with Crippen molar-refractivity contribution in [3.05, 3.63) is 35.9 Å². The number of benzene rings is 1. The molecule has 5 nitrogen and oxygen atoms in total. The normalized spacial score (nSPS) is 18.2. The Morgan fingerprint density at radius 3 is 2.37 bits per heavy atom. The van der Waals surface area contributed by atoms with E-state index in [1.54, 1.807) is 12.1 Å². The number of carboxylic acid groups (broad SMARTS) is 1. The Labute approximate surface area is 111 Å². The van der Waals surface area contributed by atoms with E-state index in [1.165, 1.54) is 7.11 Å². The van der Waals surface area contributed by atoms with Gasteiger partial charge in [-0.05, 0) is 24.8 Å². The van der Waals surface area contributed by atoms with Gasteiger partial charge in [-0.2, -0.15) is 0 Å². The molecule has 1 fully saturated rings. The van der Waals surface area contributed by atoms with Crippen LogP contribution in [0.4, 0.5) is 0 Å². The molecule has 1 amide bonds. The number of aliphatic carboxylic acids is 1. The maximum absolute atomic E-state index is 12.2. The van der Waals surface area contributed by atoms with Gasteiger partial charge >= 0.3 is 5.97 Å². The zero-order valence-electron chi connectivity index (χ0n) is 10.8. The number of hydrogen-bond acceptors (Lipinski definition) is 3. The van der Waals surface area contributed by atoms with Crippen LogP contribution in [0.25, 0.3) is 0 Å². The average molecular weight is 263 g/mol. The van der Waals surface area contributed by atoms with E-state index in [9.17, 15) is 14.7 Å². The lowest BCUT2D eigenvalue weighted by Crippen LogP contribution is -2.60. The highest BCUT2D eigenvalue weighted by Gasteiger charge is 2.46. The fraction of sp³-hybridized carbons (Fsp3) is 0.429. The molecule has 19 heavy (non-hydrogen) atoms. The van der Waals surface area contributed by atoms with Gasteiger partial charge in [-0.15, -0.1) is 0 Å². The van der Waals surface area contributed by atoms with Crippen LogP contribution in [0.5, 0.6) is 0 Å². The van der Waals surface area contributed by atoms with Gasteiger partial charge in [-0.3, -0.25) is 4.79 Å². The van der Waals surface area contributed by atoms with Gasteiger partial charge in [0.05, 0.1) is 0 Å². The first-order chi connectivity index (χ1) is 9.09. The Morgan fingerprint density at radius 2 is 1.95 bits per heavy atom. The van der Waals surface area contributed by atoms with E-state index in [4.69, 9.17) is 4.74 Å². The molecule has 1 aliphatic rings. The van der Waals surface area contributed by atoms with Crippen LogP contribution in [0.1, 0.15) is 30.9 Å². The van der Waals surface area contributed by atoms with Gasteiger partial charge in [-0.25, -0.2) is 4.79 Å². The first kappa shape index (κ1) is 13.5. The summed E-state index contributed by atoms with van der Waals surface area (Å²) in [6.07, 6.45) is 0.978. The lowest BCUT2D eigenvalue weighted by atomic mass is 9.76. The van der Waals surface area contributed by atoms with Crippen LogP contribution in [0, 0.1) is 0 Å². The van der Waals surface area contributed by atoms with Crippen molar-refractivity contribution in [3.63, 3.8) is 0 Å². The Hall–Kier alpha value is -1.88. The third kappa shape index (κ3) is 2.61. The van der Waals surface area contributed by atoms with Crippen molar-refractivity contribution in [1.82, 2.24) is 5.32 Å². The number of amides is 1. The van der Waals surface area contributed by atoms with Gasteiger partial charge in [0.2, 0.25) is 0 Å². The molecule has 0 spiro atoms. The van der Waals surface area contributed by atoms with Crippen molar-refractivity contribution >= 4 is 11.9 Å². The van der Waals surface area contributed by atoms with E-state index in [-0.39, 0.29) is 0 Å². The highest BCUT2D eigenvalue weighted by atomic mass is 16.5. The summed E-state index contributed by atoms with van der Waals surface area (Å²) < 4.78 is 5.19. The summed E-state index contributed by atoms with van der Waals surface area (Å²) in [6.45, 7) is 0. The maximum atomic E-state index is 12.2. The predicted molar refractivity (Wildman–Crippen MR) is 68.6 cm³/mol. The number of methoxy groups -OCH3 is 1. The van der Waals surface area contributed by atoms with Crippen LogP contribution in [0.3, 0.4) is 0 Å². The average Bonchev–Trinajstić information content (AvgIpc) is 2.35. The van der Waals surface area contributed by atoms with E-state index in [1.807, 2.05) is 18.2 Å². The quantitative estimate of drug-likeness (QED) is 0.844. The smallest absolute Gasteiger partial charge is 0.329 e. The van der Waals surface area contributed by atoms with Crippen LogP contribution in [-0.4, -0.2) is 29.6 Å². The molecular formula is C14H17NO4. The molecule has 2 rings (SSSR count). The number of carbonyl (C=O) groups excluding carboxylic acids is 1. The van der Waals surface area contributed by atoms with E-state index in [2.05, 4.69) is 5.32 Å². The third-order valence-electron chi connectivity index (χ3n) is 3.56. The summed E-state index contributed by atoms with van der Waals surface area (Å²) >= 11 is 0. The van der Waals surface area contributed by atoms with Crippen molar-refractivity contribution in [1.29, 1.82) is 0 Å². The van der Waals surface area contributed by atoms with E-state index in [0.29, 0.717) is 18.4 Å². The van der Waals surface area contributed by atoms with Gasteiger partial charge in [0.15, 0.2) is 6.10 Å². The molecule has 0 unspecified atom stereocenters. The minimum atomic E-state index is -1.11. The van der Waals surface area contributed by atoms with Gasteiger partial charge in [0, 0.05) is 7.11 Å². The van der Waals surface area contributed by atoms with Crippen LogP contribution in [0.2, 0.25) is 0 Å². The van der Waals surface area contributed by atoms with Gasteiger partial charge in [0.25, 0.3) is 5.91 Å². The number of ether oxygens (including phenoxy) is 1. The molecule has 0 heterocycles. The zero-order valence-corrected chi connectivity index (χ0v) is 10.8. The fourth-order valence-electron chi connectivity index (χ4n) is 2.25. The van der Waals surface area contributed by atoms with Gasteiger partial charge in [-0.1, -0.05) is 30.3 Å². The molecule has 1 aromatic carbocycles. The third-order valence-corrected chi connectivity index (χ3v) is 3.56. The lowest BCUT2D eigenvalue weighted by Gasteiger charge is -2.39. The highest BCUT2D eigenvalue weighted by molar-refractivity contribution is 5.90. The zero-order chi connectivity index (χ0) is 13.9. The monoisotopic (exact) mass is 263 g/mol. The van der Waals surface area contributed by atoms with Gasteiger partial charge in [0.1, 0.15) is 5.54 Å². The second kappa shape index (κ2) is 5.40. The minimum absolute atomic E-state index is 0.407. The molecule has 0 bridgehead atoms. The molecule has 0 saturated heterocycles. The predicted octanol–water partition coefficient (Wildman–Crippen LogP) is 1.50. The van der Waals surface area contributed by atoms with Gasteiger partial charge < -0.3 is 15.2 Å². The maximum Gasteiger partial charge on any atom is 0.329 e. The van der Waals surface area contributed by atoms with E-state index < -0.39 is 23.5 Å². The largest absolute Gasteiger partial charge is 0.480 e. The first-order valence-corrected chi connectivity index (χ1v) is 6.22. The molecule has 102 valence electrons. The summed E-state index contributed by atoms with van der Waals surface area (Å²) in [4.78, 5) is 23.4. The van der Waals surface area contributed by atoms with Crippen LogP contribution < -0.4 is 5.32 Å². The van der Waals surface area contributed by atoms with Crippen molar-refractivity contribution < 1.29 is 19.4 Å². The second-order valence-electron chi connectivity index (χ2n) is 4.76. The van der Waals surface area contributed by atoms with Crippen molar-refractivity contribution in [2.24, 2.45) is 0 Å². The first-order valence-electron chi connectivity index (χ1n) is 6.22. The molecular weight excluding hydrogens is 246 g/mol. The Kier molecular flexibility index (Phi) is 3.85. The van der Waals surface area contributed by atoms with Crippen molar-refractivity contribution in [2.45, 2.75) is 30.9 Å². The molecule has 0 aromatic heterocycles. The van der Waals surface area contributed by atoms with Crippen LogP contribution >= 0.6 is 0 Å².